The maximum Gasteiger partial charge on any atom is 0.179 e. The zero-order valence-corrected chi connectivity index (χ0v) is 14.4. The highest BCUT2D eigenvalue weighted by atomic mass is 35.5. The number of ether oxygens (including phenoxy) is 2. The van der Waals surface area contributed by atoms with Crippen molar-refractivity contribution in [3.8, 4) is 11.5 Å². The van der Waals surface area contributed by atoms with Gasteiger partial charge in [0.2, 0.25) is 0 Å². The van der Waals surface area contributed by atoms with Crippen molar-refractivity contribution in [2.75, 3.05) is 33.4 Å². The van der Waals surface area contributed by atoms with E-state index in [0.717, 1.165) is 31.7 Å². The van der Waals surface area contributed by atoms with Gasteiger partial charge in [-0.15, -0.1) is 12.4 Å². The summed E-state index contributed by atoms with van der Waals surface area (Å²) in [5, 5.41) is 4.06. The number of nitrogens with zero attached hydrogens (tertiary/aromatic N) is 1. The van der Waals surface area contributed by atoms with Crippen molar-refractivity contribution in [3.05, 3.63) is 22.7 Å². The van der Waals surface area contributed by atoms with Gasteiger partial charge in [-0.2, -0.15) is 0 Å². The first kappa shape index (κ1) is 18.4. The summed E-state index contributed by atoms with van der Waals surface area (Å²) in [4.78, 5) is 2.42. The Labute approximate surface area is 138 Å². The summed E-state index contributed by atoms with van der Waals surface area (Å²) in [6.45, 7) is 8.73. The highest BCUT2D eigenvalue weighted by Crippen LogP contribution is 2.36. The number of benzene rings is 1. The summed E-state index contributed by atoms with van der Waals surface area (Å²) in [6.07, 6.45) is 0. The normalized spacial score (nSPS) is 19.0. The molecule has 1 saturated heterocycles. The third-order valence-electron chi connectivity index (χ3n) is 3.44. The SMILES string of the molecule is CCOc1c(Cl)cc(CN2CCN[C@H](C)C2)cc1OC.Cl. The van der Waals surface area contributed by atoms with E-state index >= 15 is 0 Å². The lowest BCUT2D eigenvalue weighted by molar-refractivity contribution is 0.199. The minimum atomic E-state index is 0. The Morgan fingerprint density at radius 2 is 2.19 bits per heavy atom. The molecule has 0 saturated carbocycles. The average molecular weight is 335 g/mol. The quantitative estimate of drug-likeness (QED) is 0.897. The Bertz CT molecular complexity index is 458. The number of piperazine rings is 1. The van der Waals surface area contributed by atoms with Crippen LogP contribution in [0.5, 0.6) is 11.5 Å². The first-order valence-corrected chi connectivity index (χ1v) is 7.46. The van der Waals surface area contributed by atoms with Crippen LogP contribution in [0.3, 0.4) is 0 Å². The minimum absolute atomic E-state index is 0. The van der Waals surface area contributed by atoms with Crippen LogP contribution in [0.1, 0.15) is 19.4 Å². The Hall–Kier alpha value is -0.680. The lowest BCUT2D eigenvalue weighted by Gasteiger charge is -2.32. The molecule has 1 aliphatic heterocycles. The standard InChI is InChI=1S/C15H23ClN2O2.ClH/c1-4-20-15-13(16)7-12(8-14(15)19-3)10-18-6-5-17-11(2)9-18;/h7-8,11,17H,4-6,9-10H2,1-3H3;1H/t11-;/m1./s1. The molecule has 0 bridgehead atoms. The molecule has 120 valence electrons. The van der Waals surface area contributed by atoms with E-state index < -0.39 is 0 Å². The van der Waals surface area contributed by atoms with Gasteiger partial charge in [0.05, 0.1) is 18.7 Å². The van der Waals surface area contributed by atoms with Crippen LogP contribution >= 0.6 is 24.0 Å². The van der Waals surface area contributed by atoms with E-state index in [4.69, 9.17) is 21.1 Å². The van der Waals surface area contributed by atoms with Crippen LogP contribution in [0.2, 0.25) is 5.02 Å². The minimum Gasteiger partial charge on any atom is -0.493 e. The Morgan fingerprint density at radius 1 is 1.43 bits per heavy atom. The van der Waals surface area contributed by atoms with Gasteiger partial charge in [0.1, 0.15) is 0 Å². The summed E-state index contributed by atoms with van der Waals surface area (Å²) in [5.41, 5.74) is 1.16. The van der Waals surface area contributed by atoms with Gasteiger partial charge in [0, 0.05) is 32.2 Å². The highest BCUT2D eigenvalue weighted by molar-refractivity contribution is 6.32. The van der Waals surface area contributed by atoms with Crippen LogP contribution in [0.25, 0.3) is 0 Å². The molecule has 1 fully saturated rings. The fourth-order valence-corrected chi connectivity index (χ4v) is 2.85. The molecule has 1 aliphatic rings. The van der Waals surface area contributed by atoms with Crippen LogP contribution in [0.15, 0.2) is 12.1 Å². The van der Waals surface area contributed by atoms with E-state index in [1.54, 1.807) is 7.11 Å². The number of rotatable bonds is 5. The lowest BCUT2D eigenvalue weighted by atomic mass is 10.1. The predicted octanol–water partition coefficient (Wildman–Crippen LogP) is 2.96. The van der Waals surface area contributed by atoms with Crippen molar-refractivity contribution in [1.29, 1.82) is 0 Å². The summed E-state index contributed by atoms with van der Waals surface area (Å²) < 4.78 is 10.9. The zero-order valence-electron chi connectivity index (χ0n) is 12.8. The number of nitrogens with one attached hydrogen (secondary N) is 1. The molecule has 1 aromatic rings. The summed E-state index contributed by atoms with van der Waals surface area (Å²) >= 11 is 6.30. The number of hydrogen-bond acceptors (Lipinski definition) is 4. The number of halogens is 2. The van der Waals surface area contributed by atoms with Gasteiger partial charge in [0.15, 0.2) is 11.5 Å². The molecule has 0 aliphatic carbocycles. The lowest BCUT2D eigenvalue weighted by Crippen LogP contribution is -2.48. The maximum atomic E-state index is 6.30. The van der Waals surface area contributed by atoms with Crippen LogP contribution in [-0.4, -0.2) is 44.3 Å². The molecular weight excluding hydrogens is 311 g/mol. The van der Waals surface area contributed by atoms with E-state index in [2.05, 4.69) is 17.1 Å². The second kappa shape index (κ2) is 8.69. The van der Waals surface area contributed by atoms with Gasteiger partial charge in [-0.3, -0.25) is 4.90 Å². The molecule has 0 unspecified atom stereocenters. The molecule has 0 aromatic heterocycles. The molecule has 2 rings (SSSR count). The van der Waals surface area contributed by atoms with Crippen molar-refractivity contribution < 1.29 is 9.47 Å². The molecule has 1 aromatic carbocycles. The summed E-state index contributed by atoms with van der Waals surface area (Å²) in [5.74, 6) is 1.34. The molecule has 0 radical (unpaired) electrons. The third kappa shape index (κ3) is 4.92. The van der Waals surface area contributed by atoms with Gasteiger partial charge >= 0.3 is 0 Å². The van der Waals surface area contributed by atoms with Crippen molar-refractivity contribution in [2.45, 2.75) is 26.4 Å². The van der Waals surface area contributed by atoms with Crippen molar-refractivity contribution in [3.63, 3.8) is 0 Å². The molecule has 1 heterocycles. The van der Waals surface area contributed by atoms with E-state index in [9.17, 15) is 0 Å². The fourth-order valence-electron chi connectivity index (χ4n) is 2.56. The van der Waals surface area contributed by atoms with Crippen molar-refractivity contribution >= 4 is 24.0 Å². The average Bonchev–Trinajstić information content (AvgIpc) is 2.41. The first-order chi connectivity index (χ1) is 9.63. The molecule has 1 atom stereocenters. The van der Waals surface area contributed by atoms with Crippen LogP contribution in [0, 0.1) is 0 Å². The van der Waals surface area contributed by atoms with Crippen LogP contribution in [0.4, 0.5) is 0 Å². The van der Waals surface area contributed by atoms with Crippen molar-refractivity contribution in [2.24, 2.45) is 0 Å². The van der Waals surface area contributed by atoms with E-state index in [1.807, 2.05) is 19.1 Å². The highest BCUT2D eigenvalue weighted by Gasteiger charge is 2.17. The second-order valence-corrected chi connectivity index (χ2v) is 5.54. The van der Waals surface area contributed by atoms with E-state index in [-0.39, 0.29) is 12.4 Å². The molecule has 0 spiro atoms. The number of hydrogen-bond donors (Lipinski definition) is 1. The third-order valence-corrected chi connectivity index (χ3v) is 3.72. The van der Waals surface area contributed by atoms with Crippen LogP contribution < -0.4 is 14.8 Å². The van der Waals surface area contributed by atoms with Gasteiger partial charge in [-0.1, -0.05) is 11.6 Å². The topological polar surface area (TPSA) is 33.7 Å². The van der Waals surface area contributed by atoms with E-state index in [0.29, 0.717) is 29.2 Å². The predicted molar refractivity (Wildman–Crippen MR) is 89.2 cm³/mol. The Kier molecular flexibility index (Phi) is 7.60. The maximum absolute atomic E-state index is 6.30. The molecule has 4 nitrogen and oxygen atoms in total. The smallest absolute Gasteiger partial charge is 0.179 e. The summed E-state index contributed by atoms with van der Waals surface area (Å²) in [6, 6.07) is 4.52. The van der Waals surface area contributed by atoms with Gasteiger partial charge in [0.25, 0.3) is 0 Å². The molecule has 21 heavy (non-hydrogen) atoms. The molecule has 1 N–H and O–H groups in total. The fraction of sp³-hybridized carbons (Fsp3) is 0.600. The largest absolute Gasteiger partial charge is 0.493 e. The molecule has 6 heteroatoms. The molecule has 0 amide bonds. The van der Waals surface area contributed by atoms with Gasteiger partial charge < -0.3 is 14.8 Å². The van der Waals surface area contributed by atoms with E-state index in [1.165, 1.54) is 0 Å². The number of methoxy groups -OCH3 is 1. The first-order valence-electron chi connectivity index (χ1n) is 7.09. The Balaban J connectivity index is 0.00000220. The van der Waals surface area contributed by atoms with Crippen molar-refractivity contribution in [1.82, 2.24) is 10.2 Å². The molecular formula is C15H24Cl2N2O2. The van der Waals surface area contributed by atoms with Crippen LogP contribution in [-0.2, 0) is 6.54 Å². The van der Waals surface area contributed by atoms with Gasteiger partial charge in [-0.25, -0.2) is 0 Å². The Morgan fingerprint density at radius 3 is 2.81 bits per heavy atom. The van der Waals surface area contributed by atoms with Gasteiger partial charge in [-0.05, 0) is 31.5 Å². The zero-order chi connectivity index (χ0) is 14.5. The summed E-state index contributed by atoms with van der Waals surface area (Å²) in [7, 11) is 1.64. The second-order valence-electron chi connectivity index (χ2n) is 5.13. The monoisotopic (exact) mass is 334 g/mol.